The molecule has 12 nitrogen and oxygen atoms in total. The highest BCUT2D eigenvalue weighted by Gasteiger charge is 2.48. The summed E-state index contributed by atoms with van der Waals surface area (Å²) in [5, 5.41) is 30.7. The van der Waals surface area contributed by atoms with E-state index in [0.29, 0.717) is 13.0 Å². The second kappa shape index (κ2) is 41.0. The number of unbranched alkanes of at least 4 members (excludes halogenated alkanes) is 5. The molecule has 4 N–H and O–H groups in total. The molecule has 6 atom stereocenters. The Morgan fingerprint density at radius 1 is 0.594 bits per heavy atom. The molecule has 362 valence electrons. The second-order valence-electron chi connectivity index (χ2n) is 15.2. The van der Waals surface area contributed by atoms with Gasteiger partial charge in [0.15, 0.2) is 6.29 Å². The van der Waals surface area contributed by atoms with Gasteiger partial charge in [0.1, 0.15) is 30.5 Å². The van der Waals surface area contributed by atoms with E-state index in [-0.39, 0.29) is 19.6 Å². The Labute approximate surface area is 385 Å². The van der Waals surface area contributed by atoms with Crippen LogP contribution in [0, 0.1) is 0 Å². The van der Waals surface area contributed by atoms with E-state index in [1.165, 1.54) is 0 Å². The van der Waals surface area contributed by atoms with Crippen LogP contribution in [-0.4, -0.2) is 97.5 Å². The zero-order valence-electron chi connectivity index (χ0n) is 38.5. The van der Waals surface area contributed by atoms with Crippen LogP contribution in [-0.2, 0) is 38.3 Å². The van der Waals surface area contributed by atoms with Gasteiger partial charge >= 0.3 is 16.4 Å². The number of esters is 1. The van der Waals surface area contributed by atoms with E-state index in [9.17, 15) is 28.5 Å². The van der Waals surface area contributed by atoms with Gasteiger partial charge in [-0.3, -0.25) is 9.35 Å². The maximum atomic E-state index is 12.9. The van der Waals surface area contributed by atoms with Gasteiger partial charge in [-0.15, -0.1) is 0 Å². The molecule has 1 aliphatic rings. The van der Waals surface area contributed by atoms with Crippen molar-refractivity contribution in [2.24, 2.45) is 0 Å². The standard InChI is InChI=1S/C51H80O12S/c1-3-5-7-9-11-13-15-17-19-20-21-22-23-24-25-26-27-28-30-32-34-36-38-40-47(53)61-45(43-59-41-39-37-35-33-31-29-18-16-14-12-10-8-6-4-2)44-60-51-49(55)50(63-64(56,57)58)48(54)46(42-52)62-51/h5-8,11-14,17-19,21-22,24-25,27-29,33,35,45-46,48-52,54-55H,3-4,9-10,15-16,20,23,26,30-32,34,36-44H2,1-2H3,(H,56,57,58)/b7-5-,8-6-,13-11-,14-12-,19-17-,22-21-,25-24-,28-27-,29-18-,35-33-. The molecule has 1 aliphatic heterocycles. The molecule has 0 aromatic carbocycles. The van der Waals surface area contributed by atoms with Crippen LogP contribution in [0.4, 0.5) is 0 Å². The first-order chi connectivity index (χ1) is 31.1. The Kier molecular flexibility index (Phi) is 37.5. The zero-order chi connectivity index (χ0) is 46.8. The normalized spacial score (nSPS) is 20.9. The van der Waals surface area contributed by atoms with E-state index >= 15 is 0 Å². The van der Waals surface area contributed by atoms with Crippen molar-refractivity contribution < 1.29 is 56.2 Å². The predicted octanol–water partition coefficient (Wildman–Crippen LogP) is 10.2. The molecule has 0 amide bonds. The molecule has 1 heterocycles. The molecular weight excluding hydrogens is 837 g/mol. The molecule has 1 rings (SSSR count). The monoisotopic (exact) mass is 917 g/mol. The lowest BCUT2D eigenvalue weighted by molar-refractivity contribution is -0.301. The van der Waals surface area contributed by atoms with Gasteiger partial charge in [-0.2, -0.15) is 8.42 Å². The fourth-order valence-corrected chi connectivity index (χ4v) is 6.66. The zero-order valence-corrected chi connectivity index (χ0v) is 39.3. The number of aliphatic hydroxyl groups excluding tert-OH is 3. The van der Waals surface area contributed by atoms with E-state index in [4.69, 9.17) is 23.5 Å². The third-order valence-electron chi connectivity index (χ3n) is 9.58. The van der Waals surface area contributed by atoms with Crippen LogP contribution in [0.1, 0.15) is 129 Å². The van der Waals surface area contributed by atoms with Gasteiger partial charge in [-0.1, -0.05) is 148 Å². The highest BCUT2D eigenvalue weighted by molar-refractivity contribution is 7.80. The van der Waals surface area contributed by atoms with E-state index in [1.54, 1.807) is 0 Å². The third-order valence-corrected chi connectivity index (χ3v) is 10.0. The van der Waals surface area contributed by atoms with Crippen molar-refractivity contribution in [3.63, 3.8) is 0 Å². The summed E-state index contributed by atoms with van der Waals surface area (Å²) in [4.78, 5) is 12.9. The molecule has 1 saturated heterocycles. The lowest BCUT2D eigenvalue weighted by Gasteiger charge is -2.41. The summed E-state index contributed by atoms with van der Waals surface area (Å²) in [7, 11) is -5.08. The first-order valence-electron chi connectivity index (χ1n) is 23.3. The van der Waals surface area contributed by atoms with Gasteiger partial charge in [0, 0.05) is 13.0 Å². The Morgan fingerprint density at radius 2 is 1.03 bits per heavy atom. The summed E-state index contributed by atoms with van der Waals surface area (Å²) in [5.74, 6) is -0.449. The van der Waals surface area contributed by atoms with Gasteiger partial charge in [-0.05, 0) is 96.3 Å². The highest BCUT2D eigenvalue weighted by atomic mass is 32.3. The summed E-state index contributed by atoms with van der Waals surface area (Å²) in [6.07, 6.45) is 49.6. The minimum atomic E-state index is -5.08. The molecule has 0 bridgehead atoms. The number of carbonyl (C=O) groups excluding carboxylic acids is 1. The van der Waals surface area contributed by atoms with Crippen LogP contribution in [0.3, 0.4) is 0 Å². The number of rotatable bonds is 38. The summed E-state index contributed by atoms with van der Waals surface area (Å²) in [6.45, 7) is 3.54. The lowest BCUT2D eigenvalue weighted by Crippen LogP contribution is -2.60. The minimum Gasteiger partial charge on any atom is -0.457 e. The van der Waals surface area contributed by atoms with Crippen LogP contribution < -0.4 is 0 Å². The number of ether oxygens (including phenoxy) is 4. The van der Waals surface area contributed by atoms with E-state index < -0.39 is 59.8 Å². The quantitative estimate of drug-likeness (QED) is 0.0200. The maximum Gasteiger partial charge on any atom is 0.397 e. The van der Waals surface area contributed by atoms with Crippen molar-refractivity contribution in [1.29, 1.82) is 0 Å². The SMILES string of the molecule is CC/C=C\C/C=C\C/C=C\C/C=C\C/C=C\C/C=C\CCCCCCC(=O)OC(COCCC/C=C\C/C=C\C/C=C\C/C=C\CC)COC1OC(CO)C(O)C(OS(=O)(=O)O)C1O. The van der Waals surface area contributed by atoms with Crippen molar-refractivity contribution in [2.45, 2.75) is 166 Å². The first-order valence-corrected chi connectivity index (χ1v) is 24.7. The number of aliphatic hydroxyl groups is 3. The summed E-state index contributed by atoms with van der Waals surface area (Å²) < 4.78 is 59.0. The van der Waals surface area contributed by atoms with E-state index in [0.717, 1.165) is 103 Å². The van der Waals surface area contributed by atoms with Crippen LogP contribution in [0.25, 0.3) is 0 Å². The molecule has 6 unspecified atom stereocenters. The van der Waals surface area contributed by atoms with Crippen molar-refractivity contribution in [3.05, 3.63) is 122 Å². The smallest absolute Gasteiger partial charge is 0.397 e. The van der Waals surface area contributed by atoms with Gasteiger partial charge in [0.2, 0.25) is 0 Å². The Morgan fingerprint density at radius 3 is 1.48 bits per heavy atom. The number of carbonyl (C=O) groups is 1. The number of hydrogen-bond acceptors (Lipinski definition) is 11. The molecule has 0 spiro atoms. The van der Waals surface area contributed by atoms with Gasteiger partial charge in [0.05, 0.1) is 19.8 Å². The van der Waals surface area contributed by atoms with Gasteiger partial charge in [-0.25, -0.2) is 4.18 Å². The molecule has 0 aliphatic carbocycles. The molecule has 0 aromatic heterocycles. The van der Waals surface area contributed by atoms with Crippen LogP contribution >= 0.6 is 0 Å². The third kappa shape index (κ3) is 33.9. The topological polar surface area (TPSA) is 178 Å². The predicted molar refractivity (Wildman–Crippen MR) is 257 cm³/mol. The molecule has 0 radical (unpaired) electrons. The highest BCUT2D eigenvalue weighted by Crippen LogP contribution is 2.26. The largest absolute Gasteiger partial charge is 0.457 e. The molecule has 0 aromatic rings. The van der Waals surface area contributed by atoms with E-state index in [1.807, 2.05) is 0 Å². The average Bonchev–Trinajstić information content (AvgIpc) is 3.27. The molecular formula is C51H80O12S. The van der Waals surface area contributed by atoms with Crippen molar-refractivity contribution in [2.75, 3.05) is 26.4 Å². The average molecular weight is 917 g/mol. The van der Waals surface area contributed by atoms with E-state index in [2.05, 4.69) is 140 Å². The van der Waals surface area contributed by atoms with Crippen LogP contribution in [0.15, 0.2) is 122 Å². The maximum absolute atomic E-state index is 12.9. The lowest BCUT2D eigenvalue weighted by atomic mass is 9.99. The van der Waals surface area contributed by atoms with Crippen LogP contribution in [0.2, 0.25) is 0 Å². The Bertz CT molecular complexity index is 1570. The summed E-state index contributed by atoms with van der Waals surface area (Å²) >= 11 is 0. The fraction of sp³-hybridized carbons (Fsp3) is 0.588. The molecule has 13 heteroatoms. The summed E-state index contributed by atoms with van der Waals surface area (Å²) in [5.41, 5.74) is 0. The van der Waals surface area contributed by atoms with Crippen molar-refractivity contribution >= 4 is 16.4 Å². The molecule has 1 fully saturated rings. The van der Waals surface area contributed by atoms with Crippen LogP contribution in [0.5, 0.6) is 0 Å². The Balaban J connectivity index is 2.47. The Hall–Kier alpha value is -3.50. The van der Waals surface area contributed by atoms with Gasteiger partial charge < -0.3 is 34.3 Å². The molecule has 64 heavy (non-hydrogen) atoms. The van der Waals surface area contributed by atoms with Crippen molar-refractivity contribution in [3.8, 4) is 0 Å². The first kappa shape index (κ1) is 58.5. The summed E-state index contributed by atoms with van der Waals surface area (Å²) in [6, 6.07) is 0. The number of allylic oxidation sites excluding steroid dienone is 20. The minimum absolute atomic E-state index is 0.0221. The molecule has 0 saturated carbocycles. The second-order valence-corrected chi connectivity index (χ2v) is 16.3. The van der Waals surface area contributed by atoms with Crippen molar-refractivity contribution in [1.82, 2.24) is 0 Å². The fourth-order valence-electron chi connectivity index (χ4n) is 6.15. The van der Waals surface area contributed by atoms with Gasteiger partial charge in [0.25, 0.3) is 0 Å². The number of hydrogen-bond donors (Lipinski definition) is 4.